The van der Waals surface area contributed by atoms with Crippen LogP contribution in [0.25, 0.3) is 6.08 Å². The highest BCUT2D eigenvalue weighted by Gasteiger charge is 2.03. The summed E-state index contributed by atoms with van der Waals surface area (Å²) in [5.41, 5.74) is 2.09. The van der Waals surface area contributed by atoms with Crippen molar-refractivity contribution < 1.29 is 14.6 Å². The van der Waals surface area contributed by atoms with E-state index in [1.54, 1.807) is 13.2 Å². The highest BCUT2D eigenvalue weighted by Crippen LogP contribution is 2.21. The van der Waals surface area contributed by atoms with Crippen molar-refractivity contribution in [3.8, 4) is 5.75 Å². The smallest absolute Gasteiger partial charge is 0.328 e. The number of ether oxygens (including phenoxy) is 1. The van der Waals surface area contributed by atoms with Gasteiger partial charge in [0.1, 0.15) is 5.75 Å². The van der Waals surface area contributed by atoms with Crippen molar-refractivity contribution in [2.24, 2.45) is 0 Å². The number of aliphatic carboxylic acids is 1. The molecule has 0 saturated carbocycles. The topological polar surface area (TPSA) is 46.5 Å². The van der Waals surface area contributed by atoms with Crippen LogP contribution in [0.3, 0.4) is 0 Å². The van der Waals surface area contributed by atoms with Crippen LogP contribution in [0.2, 0.25) is 0 Å². The second-order valence-electron chi connectivity index (χ2n) is 4.19. The van der Waals surface area contributed by atoms with Crippen LogP contribution >= 0.6 is 0 Å². The van der Waals surface area contributed by atoms with Gasteiger partial charge >= 0.3 is 5.97 Å². The molecule has 0 atom stereocenters. The van der Waals surface area contributed by atoms with Crippen molar-refractivity contribution in [1.29, 1.82) is 0 Å². The zero-order chi connectivity index (χ0) is 13.4. The second-order valence-corrected chi connectivity index (χ2v) is 4.19. The zero-order valence-corrected chi connectivity index (χ0v) is 11.0. The van der Waals surface area contributed by atoms with E-state index >= 15 is 0 Å². The molecule has 1 aromatic carbocycles. The highest BCUT2D eigenvalue weighted by atomic mass is 16.5. The molecule has 0 aromatic heterocycles. The van der Waals surface area contributed by atoms with Crippen LogP contribution in [0.1, 0.15) is 37.3 Å². The minimum absolute atomic E-state index is 0.814. The molecule has 1 rings (SSSR count). The second kappa shape index (κ2) is 7.54. The Morgan fingerprint density at radius 1 is 1.39 bits per heavy atom. The molecule has 3 heteroatoms. The number of rotatable bonds is 7. The van der Waals surface area contributed by atoms with Crippen LogP contribution in [0.15, 0.2) is 24.3 Å². The highest BCUT2D eigenvalue weighted by molar-refractivity contribution is 5.85. The summed E-state index contributed by atoms with van der Waals surface area (Å²) in [5, 5.41) is 8.67. The predicted molar refractivity (Wildman–Crippen MR) is 72.9 cm³/mol. The fourth-order valence-corrected chi connectivity index (χ4v) is 1.81. The first-order valence-corrected chi connectivity index (χ1v) is 6.25. The van der Waals surface area contributed by atoms with E-state index in [-0.39, 0.29) is 0 Å². The maximum absolute atomic E-state index is 10.6. The summed E-state index contributed by atoms with van der Waals surface area (Å²) >= 11 is 0. The maximum atomic E-state index is 10.6. The molecule has 18 heavy (non-hydrogen) atoms. The van der Waals surface area contributed by atoms with E-state index in [2.05, 4.69) is 6.92 Å². The van der Waals surface area contributed by atoms with E-state index < -0.39 is 5.97 Å². The molecule has 1 N–H and O–H groups in total. The van der Waals surface area contributed by atoms with Gasteiger partial charge in [-0.3, -0.25) is 0 Å². The van der Waals surface area contributed by atoms with Gasteiger partial charge in [-0.05, 0) is 42.2 Å². The summed E-state index contributed by atoms with van der Waals surface area (Å²) < 4.78 is 5.20. The number of benzene rings is 1. The summed E-state index contributed by atoms with van der Waals surface area (Å²) in [6, 6.07) is 5.74. The Bertz CT molecular complexity index is 422. The number of aryl methyl sites for hydroxylation is 1. The first-order valence-electron chi connectivity index (χ1n) is 6.25. The third-order valence-corrected chi connectivity index (χ3v) is 2.81. The van der Waals surface area contributed by atoms with Crippen molar-refractivity contribution in [2.75, 3.05) is 7.11 Å². The average Bonchev–Trinajstić information content (AvgIpc) is 2.37. The van der Waals surface area contributed by atoms with Crippen molar-refractivity contribution in [3.05, 3.63) is 35.4 Å². The van der Waals surface area contributed by atoms with Gasteiger partial charge in [0.25, 0.3) is 0 Å². The third-order valence-electron chi connectivity index (χ3n) is 2.81. The number of hydrogen-bond donors (Lipinski definition) is 1. The monoisotopic (exact) mass is 248 g/mol. The number of carboxylic acid groups (broad SMARTS) is 1. The number of unbranched alkanes of at least 4 members (excludes halogenated alkanes) is 2. The van der Waals surface area contributed by atoms with Crippen LogP contribution in [-0.4, -0.2) is 18.2 Å². The molecule has 0 saturated heterocycles. The van der Waals surface area contributed by atoms with Crippen LogP contribution in [0.5, 0.6) is 5.75 Å². The molecule has 0 aliphatic heterocycles. The lowest BCUT2D eigenvalue weighted by atomic mass is 10.0. The molecule has 0 radical (unpaired) electrons. The minimum atomic E-state index is -0.926. The number of methoxy groups -OCH3 is 1. The molecule has 0 amide bonds. The quantitative estimate of drug-likeness (QED) is 0.593. The van der Waals surface area contributed by atoms with Gasteiger partial charge in [-0.25, -0.2) is 4.79 Å². The average molecular weight is 248 g/mol. The number of carboxylic acids is 1. The molecule has 0 aliphatic rings. The number of carbonyl (C=O) groups is 1. The molecule has 0 spiro atoms. The Balaban J connectivity index is 2.89. The zero-order valence-electron chi connectivity index (χ0n) is 11.0. The first-order chi connectivity index (χ1) is 8.67. The van der Waals surface area contributed by atoms with Crippen molar-refractivity contribution in [1.82, 2.24) is 0 Å². The lowest BCUT2D eigenvalue weighted by molar-refractivity contribution is -0.131. The van der Waals surface area contributed by atoms with E-state index in [1.165, 1.54) is 18.9 Å². The molecule has 0 unspecified atom stereocenters. The van der Waals surface area contributed by atoms with Crippen LogP contribution in [-0.2, 0) is 11.2 Å². The van der Waals surface area contributed by atoms with E-state index in [4.69, 9.17) is 9.84 Å². The lowest BCUT2D eigenvalue weighted by Crippen LogP contribution is -1.93. The summed E-state index contributed by atoms with van der Waals surface area (Å²) in [5.74, 6) is -0.112. The molecule has 0 bridgehead atoms. The maximum Gasteiger partial charge on any atom is 0.328 e. The van der Waals surface area contributed by atoms with E-state index in [0.717, 1.165) is 29.7 Å². The van der Waals surface area contributed by atoms with Gasteiger partial charge in [0.2, 0.25) is 0 Å². The normalized spacial score (nSPS) is 10.8. The van der Waals surface area contributed by atoms with Gasteiger partial charge in [0.05, 0.1) is 7.11 Å². The Morgan fingerprint density at radius 2 is 2.17 bits per heavy atom. The Morgan fingerprint density at radius 3 is 2.78 bits per heavy atom. The van der Waals surface area contributed by atoms with Crippen LogP contribution in [0, 0.1) is 0 Å². The molecule has 3 nitrogen and oxygen atoms in total. The van der Waals surface area contributed by atoms with Gasteiger partial charge in [-0.2, -0.15) is 0 Å². The summed E-state index contributed by atoms with van der Waals surface area (Å²) in [7, 11) is 1.64. The van der Waals surface area contributed by atoms with Gasteiger partial charge < -0.3 is 9.84 Å². The van der Waals surface area contributed by atoms with Crippen molar-refractivity contribution in [2.45, 2.75) is 32.6 Å². The molecular weight excluding hydrogens is 228 g/mol. The van der Waals surface area contributed by atoms with Gasteiger partial charge in [-0.1, -0.05) is 25.8 Å². The van der Waals surface area contributed by atoms with Crippen LogP contribution in [0.4, 0.5) is 0 Å². The van der Waals surface area contributed by atoms with E-state index in [0.29, 0.717) is 0 Å². The molecule has 1 aromatic rings. The Kier molecular flexibility index (Phi) is 5.98. The van der Waals surface area contributed by atoms with Crippen molar-refractivity contribution in [3.63, 3.8) is 0 Å². The Labute approximate surface area is 108 Å². The third kappa shape index (κ3) is 4.62. The van der Waals surface area contributed by atoms with Gasteiger partial charge in [0, 0.05) is 6.08 Å². The summed E-state index contributed by atoms with van der Waals surface area (Å²) in [6.07, 6.45) is 7.22. The van der Waals surface area contributed by atoms with Gasteiger partial charge in [-0.15, -0.1) is 0 Å². The van der Waals surface area contributed by atoms with Crippen molar-refractivity contribution >= 4 is 12.0 Å². The molecule has 98 valence electrons. The molecule has 0 heterocycles. The first kappa shape index (κ1) is 14.3. The molecule has 0 fully saturated rings. The fraction of sp³-hybridized carbons (Fsp3) is 0.400. The van der Waals surface area contributed by atoms with Crippen LogP contribution < -0.4 is 4.74 Å². The standard InChI is InChI=1S/C15H20O3/c1-3-4-5-6-13-11-14(18-2)9-7-12(13)8-10-15(16)17/h7-11H,3-6H2,1-2H3,(H,16,17). The van der Waals surface area contributed by atoms with E-state index in [9.17, 15) is 4.79 Å². The molecule has 0 aliphatic carbocycles. The summed E-state index contributed by atoms with van der Waals surface area (Å²) in [4.78, 5) is 10.6. The molecular formula is C15H20O3. The fourth-order valence-electron chi connectivity index (χ4n) is 1.81. The van der Waals surface area contributed by atoms with Gasteiger partial charge in [0.15, 0.2) is 0 Å². The summed E-state index contributed by atoms with van der Waals surface area (Å²) in [6.45, 7) is 2.16. The minimum Gasteiger partial charge on any atom is -0.497 e. The number of hydrogen-bond acceptors (Lipinski definition) is 2. The SMILES string of the molecule is CCCCCc1cc(OC)ccc1C=CC(=O)O. The largest absolute Gasteiger partial charge is 0.497 e. The lowest BCUT2D eigenvalue weighted by Gasteiger charge is -2.08. The Hall–Kier alpha value is -1.77. The predicted octanol–water partition coefficient (Wildman–Crippen LogP) is 3.53. The van der Waals surface area contributed by atoms with E-state index in [1.807, 2.05) is 18.2 Å².